The summed E-state index contributed by atoms with van der Waals surface area (Å²) in [5.74, 6) is -2.38. The first-order chi connectivity index (χ1) is 15.7. The number of anilines is 1. The molecule has 1 aromatic rings. The van der Waals surface area contributed by atoms with Crippen LogP contribution < -0.4 is 5.32 Å². The number of benzene rings is 1. The van der Waals surface area contributed by atoms with Crippen LogP contribution in [0.15, 0.2) is 24.3 Å². The molecular formula is C23H28BrClN2O5S. The van der Waals surface area contributed by atoms with E-state index in [1.165, 1.54) is 0 Å². The van der Waals surface area contributed by atoms with Crippen LogP contribution in [0.1, 0.15) is 27.2 Å². The predicted octanol–water partition coefficient (Wildman–Crippen LogP) is 3.32. The molecule has 0 aliphatic carbocycles. The van der Waals surface area contributed by atoms with E-state index in [2.05, 4.69) is 21.2 Å². The second-order valence-corrected chi connectivity index (χ2v) is 12.3. The number of aliphatic hydroxyl groups is 1. The number of hydrogen-bond acceptors (Lipinski definition) is 6. The first-order valence-corrected chi connectivity index (χ1v) is 13.3. The third-order valence-corrected chi connectivity index (χ3v) is 10.4. The van der Waals surface area contributed by atoms with Gasteiger partial charge >= 0.3 is 5.97 Å². The Balaban J connectivity index is 1.77. The number of carbonyl (C=O) groups is 3. The molecule has 0 aromatic heterocycles. The quantitative estimate of drug-likeness (QED) is 0.393. The van der Waals surface area contributed by atoms with Crippen molar-refractivity contribution in [2.75, 3.05) is 18.5 Å². The topological polar surface area (TPSA) is 95.9 Å². The SMILES string of the molecule is CCOC(=O)[C@H]1[C@@H]2SC3(CC2Br)C(C(=O)Nc2ccc(Cl)cc2)N([C@@H](CO)C(C)C)C(=O)[C@H]13. The maximum Gasteiger partial charge on any atom is 0.310 e. The van der Waals surface area contributed by atoms with Crippen molar-refractivity contribution in [2.24, 2.45) is 17.8 Å². The molecule has 10 heteroatoms. The highest BCUT2D eigenvalue weighted by Gasteiger charge is 2.76. The molecule has 2 bridgehead atoms. The predicted molar refractivity (Wildman–Crippen MR) is 131 cm³/mol. The summed E-state index contributed by atoms with van der Waals surface area (Å²) in [4.78, 5) is 42.1. The number of aliphatic hydroxyl groups excluding tert-OH is 1. The highest BCUT2D eigenvalue weighted by atomic mass is 79.9. The molecule has 3 aliphatic rings. The van der Waals surface area contributed by atoms with Crippen LogP contribution in [0.5, 0.6) is 0 Å². The summed E-state index contributed by atoms with van der Waals surface area (Å²) in [6.07, 6.45) is 0.570. The van der Waals surface area contributed by atoms with Crippen molar-refractivity contribution in [3.8, 4) is 0 Å². The van der Waals surface area contributed by atoms with Gasteiger partial charge in [-0.2, -0.15) is 0 Å². The third-order valence-electron chi connectivity index (χ3n) is 6.96. The number of alkyl halides is 1. The van der Waals surface area contributed by atoms with Gasteiger partial charge in [0.05, 0.1) is 35.8 Å². The third kappa shape index (κ3) is 3.98. The van der Waals surface area contributed by atoms with Crippen LogP contribution in [0.3, 0.4) is 0 Å². The van der Waals surface area contributed by atoms with Crippen LogP contribution >= 0.6 is 39.3 Å². The minimum Gasteiger partial charge on any atom is -0.466 e. The van der Waals surface area contributed by atoms with Gasteiger partial charge < -0.3 is 20.1 Å². The van der Waals surface area contributed by atoms with Gasteiger partial charge in [0, 0.05) is 20.8 Å². The molecule has 1 spiro atoms. The minimum absolute atomic E-state index is 0.0293. The van der Waals surface area contributed by atoms with Gasteiger partial charge in [-0.25, -0.2) is 0 Å². The number of ether oxygens (including phenoxy) is 1. The number of hydrogen-bond donors (Lipinski definition) is 2. The normalized spacial score (nSPS) is 33.4. The largest absolute Gasteiger partial charge is 0.466 e. The van der Waals surface area contributed by atoms with Gasteiger partial charge in [-0.1, -0.05) is 41.4 Å². The average molecular weight is 560 g/mol. The van der Waals surface area contributed by atoms with E-state index in [9.17, 15) is 19.5 Å². The van der Waals surface area contributed by atoms with Crippen molar-refractivity contribution in [3.63, 3.8) is 0 Å². The average Bonchev–Trinajstić information content (AvgIpc) is 3.34. The Kier molecular flexibility index (Phi) is 7.07. The van der Waals surface area contributed by atoms with Gasteiger partial charge in [-0.15, -0.1) is 11.8 Å². The number of rotatable bonds is 7. The number of amides is 2. The van der Waals surface area contributed by atoms with Gasteiger partial charge in [0.1, 0.15) is 6.04 Å². The van der Waals surface area contributed by atoms with Crippen LogP contribution in [0.25, 0.3) is 0 Å². The summed E-state index contributed by atoms with van der Waals surface area (Å²) < 4.78 is 4.56. The Morgan fingerprint density at radius 1 is 1.36 bits per heavy atom. The lowest BCUT2D eigenvalue weighted by Crippen LogP contribution is -2.56. The van der Waals surface area contributed by atoms with Crippen molar-refractivity contribution in [1.82, 2.24) is 4.90 Å². The molecule has 3 unspecified atom stereocenters. The summed E-state index contributed by atoms with van der Waals surface area (Å²) in [6, 6.07) is 5.39. The van der Waals surface area contributed by atoms with Crippen LogP contribution in [0.2, 0.25) is 5.02 Å². The van der Waals surface area contributed by atoms with E-state index >= 15 is 0 Å². The summed E-state index contributed by atoms with van der Waals surface area (Å²) in [7, 11) is 0. The molecule has 1 aromatic carbocycles. The first kappa shape index (κ1) is 24.8. The van der Waals surface area contributed by atoms with E-state index in [0.29, 0.717) is 17.1 Å². The lowest BCUT2D eigenvalue weighted by atomic mass is 9.71. The van der Waals surface area contributed by atoms with E-state index in [1.807, 2.05) is 13.8 Å². The number of carbonyl (C=O) groups excluding carboxylic acids is 3. The van der Waals surface area contributed by atoms with Crippen LogP contribution in [0, 0.1) is 17.8 Å². The Morgan fingerprint density at radius 2 is 2.03 bits per heavy atom. The molecule has 3 saturated heterocycles. The van der Waals surface area contributed by atoms with Gasteiger partial charge in [0.25, 0.3) is 0 Å². The van der Waals surface area contributed by atoms with E-state index in [0.717, 1.165) is 0 Å². The lowest BCUT2D eigenvalue weighted by Gasteiger charge is -2.38. The maximum atomic E-state index is 13.9. The molecule has 0 radical (unpaired) electrons. The molecule has 2 N–H and O–H groups in total. The number of esters is 1. The molecule has 3 aliphatic heterocycles. The summed E-state index contributed by atoms with van der Waals surface area (Å²) in [5, 5.41) is 13.5. The second kappa shape index (κ2) is 9.40. The molecule has 2 amide bonds. The molecule has 0 saturated carbocycles. The Bertz CT molecular complexity index is 947. The van der Waals surface area contributed by atoms with Gasteiger partial charge in [0.2, 0.25) is 11.8 Å². The van der Waals surface area contributed by atoms with Gasteiger partial charge in [-0.05, 0) is 43.5 Å². The number of likely N-dealkylation sites (tertiary alicyclic amines) is 1. The summed E-state index contributed by atoms with van der Waals surface area (Å²) >= 11 is 11.2. The highest BCUT2D eigenvalue weighted by Crippen LogP contribution is 2.68. The fraction of sp³-hybridized carbons (Fsp3) is 0.609. The van der Waals surface area contributed by atoms with Crippen LogP contribution in [-0.4, -0.2) is 67.9 Å². The molecular weight excluding hydrogens is 532 g/mol. The number of halogens is 2. The van der Waals surface area contributed by atoms with Crippen molar-refractivity contribution < 1.29 is 24.2 Å². The minimum atomic E-state index is -0.834. The van der Waals surface area contributed by atoms with Crippen molar-refractivity contribution in [3.05, 3.63) is 29.3 Å². The van der Waals surface area contributed by atoms with E-state index in [-0.39, 0.29) is 41.0 Å². The fourth-order valence-corrected chi connectivity index (χ4v) is 9.31. The zero-order valence-corrected chi connectivity index (χ0v) is 21.8. The standard InChI is InChI=1S/C23H28BrClN2O5S/c1-4-32-22(31)16-17-21(30)27(15(10-28)11(2)3)19(23(17)9-14(24)18(16)33-23)20(29)26-13-7-5-12(25)6-8-13/h5-8,11,14-19,28H,4,9-10H2,1-3H3,(H,26,29)/t14?,15-,16+,17-,18+,19?,23?/m0/s1. The Hall–Kier alpha value is -1.29. The van der Waals surface area contributed by atoms with Crippen LogP contribution in [-0.2, 0) is 19.1 Å². The molecule has 7 atom stereocenters. The zero-order chi connectivity index (χ0) is 24.1. The first-order valence-electron chi connectivity index (χ1n) is 11.1. The monoisotopic (exact) mass is 558 g/mol. The van der Waals surface area contributed by atoms with E-state index in [1.54, 1.807) is 47.9 Å². The van der Waals surface area contributed by atoms with Crippen molar-refractivity contribution in [1.29, 1.82) is 0 Å². The molecule has 4 rings (SSSR count). The fourth-order valence-electron chi connectivity index (χ4n) is 5.60. The highest BCUT2D eigenvalue weighted by molar-refractivity contribution is 9.09. The molecule has 7 nitrogen and oxygen atoms in total. The van der Waals surface area contributed by atoms with E-state index in [4.69, 9.17) is 16.3 Å². The lowest BCUT2D eigenvalue weighted by molar-refractivity contribution is -0.154. The number of fused-ring (bicyclic) bond motifs is 1. The smallest absolute Gasteiger partial charge is 0.310 e. The van der Waals surface area contributed by atoms with Crippen molar-refractivity contribution in [2.45, 2.75) is 54.1 Å². The van der Waals surface area contributed by atoms with E-state index < -0.39 is 34.6 Å². The molecule has 3 heterocycles. The second-order valence-electron chi connectivity index (χ2n) is 9.15. The van der Waals surface area contributed by atoms with Gasteiger partial charge in [0.15, 0.2) is 0 Å². The number of nitrogens with zero attached hydrogens (tertiary/aromatic N) is 1. The molecule has 33 heavy (non-hydrogen) atoms. The van der Waals surface area contributed by atoms with Crippen molar-refractivity contribution >= 4 is 62.8 Å². The zero-order valence-electron chi connectivity index (χ0n) is 18.7. The molecule has 180 valence electrons. The number of thioether (sulfide) groups is 1. The Labute approximate surface area is 211 Å². The summed E-state index contributed by atoms with van der Waals surface area (Å²) in [6.45, 7) is 5.52. The number of nitrogens with one attached hydrogen (secondary N) is 1. The Morgan fingerprint density at radius 3 is 2.61 bits per heavy atom. The van der Waals surface area contributed by atoms with Crippen LogP contribution in [0.4, 0.5) is 5.69 Å². The summed E-state index contributed by atoms with van der Waals surface area (Å²) in [5.41, 5.74) is 0.566. The molecule has 3 fully saturated rings. The van der Waals surface area contributed by atoms with Gasteiger partial charge in [-0.3, -0.25) is 14.4 Å². The maximum absolute atomic E-state index is 13.9.